The summed E-state index contributed by atoms with van der Waals surface area (Å²) in [6, 6.07) is 4.62. The van der Waals surface area contributed by atoms with Crippen molar-refractivity contribution in [3.05, 3.63) is 28.8 Å². The molecule has 7 heteroatoms. The molecule has 1 aromatic rings. The Labute approximate surface area is 145 Å². The van der Waals surface area contributed by atoms with E-state index in [2.05, 4.69) is 0 Å². The van der Waals surface area contributed by atoms with Gasteiger partial charge in [0.1, 0.15) is 0 Å². The maximum atomic E-state index is 12.7. The zero-order valence-electron chi connectivity index (χ0n) is 13.4. The number of aliphatic carboxylic acids is 1. The highest BCUT2D eigenvalue weighted by Gasteiger charge is 2.43. The van der Waals surface area contributed by atoms with Gasteiger partial charge in [-0.3, -0.25) is 19.3 Å². The number of nitrogens with zero attached hydrogens (tertiary/aromatic N) is 2. The van der Waals surface area contributed by atoms with Crippen molar-refractivity contribution in [2.75, 3.05) is 18.0 Å². The molecule has 6 nitrogen and oxygen atoms in total. The standard InChI is InChI=1S/C17H19ClN2O4/c1-10-2-3-12(8-13(10)18)20-15(21)9-14(16(20)22)19-6-4-11(5-7-19)17(23)24/h2-3,8,11,14H,4-7,9H2,1H3,(H,23,24). The van der Waals surface area contributed by atoms with Crippen LogP contribution in [0.2, 0.25) is 5.02 Å². The molecule has 0 saturated carbocycles. The Morgan fingerprint density at radius 1 is 1.25 bits per heavy atom. The van der Waals surface area contributed by atoms with E-state index < -0.39 is 12.0 Å². The smallest absolute Gasteiger partial charge is 0.306 e. The Bertz CT molecular complexity index is 698. The van der Waals surface area contributed by atoms with Crippen LogP contribution in [-0.2, 0) is 14.4 Å². The van der Waals surface area contributed by atoms with E-state index >= 15 is 0 Å². The summed E-state index contributed by atoms with van der Waals surface area (Å²) in [6.45, 7) is 2.89. The molecule has 0 bridgehead atoms. The highest BCUT2D eigenvalue weighted by molar-refractivity contribution is 6.32. The lowest BCUT2D eigenvalue weighted by molar-refractivity contribution is -0.143. The Kier molecular flexibility index (Phi) is 4.60. The average Bonchev–Trinajstić information content (AvgIpc) is 2.85. The number of imide groups is 1. The number of hydrogen-bond acceptors (Lipinski definition) is 4. The normalized spacial score (nSPS) is 23.1. The number of rotatable bonds is 3. The molecule has 0 aromatic heterocycles. The van der Waals surface area contributed by atoms with Gasteiger partial charge in [-0.15, -0.1) is 0 Å². The predicted molar refractivity (Wildman–Crippen MR) is 89.0 cm³/mol. The topological polar surface area (TPSA) is 77.9 Å². The van der Waals surface area contributed by atoms with Gasteiger partial charge in [0.15, 0.2) is 0 Å². The van der Waals surface area contributed by atoms with Crippen molar-refractivity contribution in [2.45, 2.75) is 32.2 Å². The van der Waals surface area contributed by atoms with Gasteiger partial charge in [-0.2, -0.15) is 0 Å². The van der Waals surface area contributed by atoms with Crippen molar-refractivity contribution >= 4 is 35.1 Å². The highest BCUT2D eigenvalue weighted by atomic mass is 35.5. The fraction of sp³-hybridized carbons (Fsp3) is 0.471. The molecule has 2 aliphatic heterocycles. The van der Waals surface area contributed by atoms with Gasteiger partial charge in [0.2, 0.25) is 5.91 Å². The summed E-state index contributed by atoms with van der Waals surface area (Å²) in [7, 11) is 0. The molecule has 2 fully saturated rings. The third-order valence-electron chi connectivity index (χ3n) is 4.86. The quantitative estimate of drug-likeness (QED) is 0.844. The van der Waals surface area contributed by atoms with Crippen molar-refractivity contribution < 1.29 is 19.5 Å². The van der Waals surface area contributed by atoms with E-state index in [9.17, 15) is 14.4 Å². The molecule has 2 saturated heterocycles. The number of carbonyl (C=O) groups excluding carboxylic acids is 2. The van der Waals surface area contributed by atoms with E-state index in [1.54, 1.807) is 18.2 Å². The van der Waals surface area contributed by atoms with Crippen molar-refractivity contribution in [2.24, 2.45) is 5.92 Å². The lowest BCUT2D eigenvalue weighted by atomic mass is 9.96. The van der Waals surface area contributed by atoms with E-state index in [0.29, 0.717) is 36.6 Å². The summed E-state index contributed by atoms with van der Waals surface area (Å²) in [5.41, 5.74) is 1.37. The first kappa shape index (κ1) is 16.9. The lowest BCUT2D eigenvalue weighted by Crippen LogP contribution is -2.46. The second kappa shape index (κ2) is 6.53. The number of piperidine rings is 1. The summed E-state index contributed by atoms with van der Waals surface area (Å²) in [4.78, 5) is 39.2. The Morgan fingerprint density at radius 2 is 1.92 bits per heavy atom. The molecule has 0 spiro atoms. The van der Waals surface area contributed by atoms with Crippen LogP contribution in [0.1, 0.15) is 24.8 Å². The molecular weight excluding hydrogens is 332 g/mol. The predicted octanol–water partition coefficient (Wildman–Crippen LogP) is 2.08. The first-order valence-corrected chi connectivity index (χ1v) is 8.36. The Morgan fingerprint density at radius 3 is 2.50 bits per heavy atom. The molecule has 128 valence electrons. The second-order valence-electron chi connectivity index (χ2n) is 6.37. The minimum atomic E-state index is -0.792. The second-order valence-corrected chi connectivity index (χ2v) is 6.78. The SMILES string of the molecule is Cc1ccc(N2C(=O)CC(N3CCC(C(=O)O)CC3)C2=O)cc1Cl. The fourth-order valence-electron chi connectivity index (χ4n) is 3.35. The third kappa shape index (κ3) is 3.03. The van der Waals surface area contributed by atoms with Crippen LogP contribution in [0.5, 0.6) is 0 Å². The summed E-state index contributed by atoms with van der Waals surface area (Å²) in [6.07, 6.45) is 1.13. The molecule has 1 unspecified atom stereocenters. The van der Waals surface area contributed by atoms with Gasteiger partial charge in [0.25, 0.3) is 5.91 Å². The number of benzene rings is 1. The zero-order chi connectivity index (χ0) is 17.4. The van der Waals surface area contributed by atoms with E-state index in [1.807, 2.05) is 11.8 Å². The van der Waals surface area contributed by atoms with E-state index in [1.165, 1.54) is 4.90 Å². The number of likely N-dealkylation sites (tertiary alicyclic amines) is 1. The summed E-state index contributed by atoms with van der Waals surface area (Å²) in [5.74, 6) is -1.65. The number of amides is 2. The van der Waals surface area contributed by atoms with Gasteiger partial charge in [0, 0.05) is 5.02 Å². The van der Waals surface area contributed by atoms with Crippen molar-refractivity contribution in [1.82, 2.24) is 4.90 Å². The zero-order valence-corrected chi connectivity index (χ0v) is 14.1. The van der Waals surface area contributed by atoms with Crippen LogP contribution in [0.3, 0.4) is 0 Å². The monoisotopic (exact) mass is 350 g/mol. The number of aryl methyl sites for hydroxylation is 1. The fourth-order valence-corrected chi connectivity index (χ4v) is 3.53. The van der Waals surface area contributed by atoms with Gasteiger partial charge >= 0.3 is 5.97 Å². The van der Waals surface area contributed by atoms with Crippen LogP contribution < -0.4 is 4.90 Å². The number of anilines is 1. The highest BCUT2D eigenvalue weighted by Crippen LogP contribution is 2.30. The van der Waals surface area contributed by atoms with Gasteiger partial charge in [-0.25, -0.2) is 4.90 Å². The minimum absolute atomic E-state index is 0.127. The van der Waals surface area contributed by atoms with Crippen LogP contribution >= 0.6 is 11.6 Å². The Balaban J connectivity index is 1.75. The maximum absolute atomic E-state index is 12.7. The van der Waals surface area contributed by atoms with E-state index in [0.717, 1.165) is 5.56 Å². The number of halogens is 1. The Hall–Kier alpha value is -1.92. The third-order valence-corrected chi connectivity index (χ3v) is 5.26. The van der Waals surface area contributed by atoms with Crippen LogP contribution in [0.25, 0.3) is 0 Å². The van der Waals surface area contributed by atoms with Gasteiger partial charge in [-0.05, 0) is 50.6 Å². The minimum Gasteiger partial charge on any atom is -0.481 e. The number of carbonyl (C=O) groups is 3. The first-order chi connectivity index (χ1) is 11.4. The van der Waals surface area contributed by atoms with Crippen molar-refractivity contribution in [3.8, 4) is 0 Å². The molecule has 2 aliphatic rings. The van der Waals surface area contributed by atoms with E-state index in [-0.39, 0.29) is 24.2 Å². The molecule has 0 aliphatic carbocycles. The molecule has 1 N–H and O–H groups in total. The summed E-state index contributed by atoms with van der Waals surface area (Å²) < 4.78 is 0. The van der Waals surface area contributed by atoms with E-state index in [4.69, 9.17) is 16.7 Å². The summed E-state index contributed by atoms with van der Waals surface area (Å²) >= 11 is 6.10. The van der Waals surface area contributed by atoms with Gasteiger partial charge in [0.05, 0.1) is 24.1 Å². The summed E-state index contributed by atoms with van der Waals surface area (Å²) in [5, 5.41) is 9.58. The largest absolute Gasteiger partial charge is 0.481 e. The molecule has 1 aromatic carbocycles. The van der Waals surface area contributed by atoms with Gasteiger partial charge < -0.3 is 5.11 Å². The number of carboxylic acids is 1. The maximum Gasteiger partial charge on any atom is 0.306 e. The molecule has 2 amide bonds. The van der Waals surface area contributed by atoms with Crippen LogP contribution in [0, 0.1) is 12.8 Å². The molecule has 24 heavy (non-hydrogen) atoms. The van der Waals surface area contributed by atoms with Gasteiger partial charge in [-0.1, -0.05) is 17.7 Å². The number of carboxylic acid groups (broad SMARTS) is 1. The van der Waals surface area contributed by atoms with Crippen molar-refractivity contribution in [1.29, 1.82) is 0 Å². The molecule has 3 rings (SSSR count). The van der Waals surface area contributed by atoms with Crippen molar-refractivity contribution in [3.63, 3.8) is 0 Å². The molecule has 1 atom stereocenters. The lowest BCUT2D eigenvalue weighted by Gasteiger charge is -2.33. The van der Waals surface area contributed by atoms with Crippen LogP contribution in [0.4, 0.5) is 5.69 Å². The average molecular weight is 351 g/mol. The van der Waals surface area contributed by atoms with Crippen LogP contribution in [-0.4, -0.2) is 46.9 Å². The molecular formula is C17H19ClN2O4. The molecule has 0 radical (unpaired) electrons. The molecule has 2 heterocycles. The number of hydrogen-bond donors (Lipinski definition) is 1. The van der Waals surface area contributed by atoms with Crippen LogP contribution in [0.15, 0.2) is 18.2 Å². The first-order valence-electron chi connectivity index (χ1n) is 7.98.